The molecule has 2 aliphatic rings. The van der Waals surface area contributed by atoms with Gasteiger partial charge in [-0.15, -0.1) is 5.10 Å². The predicted molar refractivity (Wildman–Crippen MR) is 115 cm³/mol. The Labute approximate surface area is 189 Å². The zero-order chi connectivity index (χ0) is 22.1. The molecule has 0 N–H and O–H groups in total. The van der Waals surface area contributed by atoms with Crippen molar-refractivity contribution in [1.29, 1.82) is 0 Å². The first kappa shape index (κ1) is 20.6. The van der Waals surface area contributed by atoms with E-state index in [-0.39, 0.29) is 24.5 Å². The minimum atomic E-state index is -0.187. The number of halogens is 1. The SMILES string of the molecule is O=C(c1cccnc1)N1CCN(C(=O)c2nnn3c2COC(c2ccc(Cl)cc2)C3)CC1. The highest BCUT2D eigenvalue weighted by molar-refractivity contribution is 6.30. The van der Waals surface area contributed by atoms with Crippen LogP contribution in [0.25, 0.3) is 0 Å². The maximum absolute atomic E-state index is 13.1. The van der Waals surface area contributed by atoms with Crippen LogP contribution in [0.4, 0.5) is 0 Å². The highest BCUT2D eigenvalue weighted by Gasteiger charge is 2.32. The molecule has 9 nitrogen and oxygen atoms in total. The number of amides is 2. The molecule has 5 rings (SSSR count). The van der Waals surface area contributed by atoms with Crippen LogP contribution < -0.4 is 0 Å². The highest BCUT2D eigenvalue weighted by atomic mass is 35.5. The third-order valence-electron chi connectivity index (χ3n) is 5.80. The molecule has 1 atom stereocenters. The van der Waals surface area contributed by atoms with Gasteiger partial charge in [0.15, 0.2) is 5.69 Å². The Kier molecular flexibility index (Phi) is 5.59. The average Bonchev–Trinajstić information content (AvgIpc) is 3.27. The van der Waals surface area contributed by atoms with Crippen LogP contribution in [0.3, 0.4) is 0 Å². The van der Waals surface area contributed by atoms with E-state index in [0.717, 1.165) is 5.56 Å². The van der Waals surface area contributed by atoms with E-state index in [1.165, 1.54) is 0 Å². The van der Waals surface area contributed by atoms with Gasteiger partial charge in [0.25, 0.3) is 11.8 Å². The number of hydrogen-bond acceptors (Lipinski definition) is 6. The lowest BCUT2D eigenvalue weighted by Gasteiger charge is -2.34. The summed E-state index contributed by atoms with van der Waals surface area (Å²) in [6, 6.07) is 11.0. The molecule has 3 aromatic rings. The number of carbonyl (C=O) groups excluding carboxylic acids is 2. The summed E-state index contributed by atoms with van der Waals surface area (Å²) < 4.78 is 7.73. The Bertz CT molecular complexity index is 1130. The molecular weight excluding hydrogens is 432 g/mol. The lowest BCUT2D eigenvalue weighted by molar-refractivity contribution is -0.00202. The number of nitrogens with zero attached hydrogens (tertiary/aromatic N) is 6. The zero-order valence-electron chi connectivity index (χ0n) is 17.2. The van der Waals surface area contributed by atoms with Gasteiger partial charge in [0.2, 0.25) is 0 Å². The molecule has 164 valence electrons. The van der Waals surface area contributed by atoms with E-state index in [9.17, 15) is 9.59 Å². The minimum absolute atomic E-state index is 0.0760. The first-order valence-electron chi connectivity index (χ1n) is 10.4. The van der Waals surface area contributed by atoms with Gasteiger partial charge in [0.1, 0.15) is 6.10 Å². The van der Waals surface area contributed by atoms with Gasteiger partial charge in [-0.3, -0.25) is 14.6 Å². The molecule has 0 aliphatic carbocycles. The van der Waals surface area contributed by atoms with Crippen LogP contribution in [0.2, 0.25) is 5.02 Å². The molecule has 32 heavy (non-hydrogen) atoms. The summed E-state index contributed by atoms with van der Waals surface area (Å²) in [5, 5.41) is 9.01. The Morgan fingerprint density at radius 2 is 1.72 bits per heavy atom. The van der Waals surface area contributed by atoms with Gasteiger partial charge >= 0.3 is 0 Å². The summed E-state index contributed by atoms with van der Waals surface area (Å²) in [5.41, 5.74) is 2.53. The van der Waals surface area contributed by atoms with Crippen LogP contribution in [0, 0.1) is 0 Å². The molecule has 10 heteroatoms. The van der Waals surface area contributed by atoms with Gasteiger partial charge in [0.05, 0.1) is 24.4 Å². The molecule has 1 saturated heterocycles. The molecule has 2 aliphatic heterocycles. The zero-order valence-corrected chi connectivity index (χ0v) is 18.0. The second kappa shape index (κ2) is 8.68. The highest BCUT2D eigenvalue weighted by Crippen LogP contribution is 2.28. The van der Waals surface area contributed by atoms with Crippen LogP contribution >= 0.6 is 11.6 Å². The van der Waals surface area contributed by atoms with E-state index in [2.05, 4.69) is 15.3 Å². The third kappa shape index (κ3) is 3.96. The van der Waals surface area contributed by atoms with E-state index in [0.29, 0.717) is 54.7 Å². The molecule has 0 radical (unpaired) electrons. The van der Waals surface area contributed by atoms with Crippen molar-refractivity contribution in [3.63, 3.8) is 0 Å². The van der Waals surface area contributed by atoms with Gasteiger partial charge < -0.3 is 14.5 Å². The van der Waals surface area contributed by atoms with Crippen molar-refractivity contribution in [3.8, 4) is 0 Å². The molecule has 1 fully saturated rings. The summed E-state index contributed by atoms with van der Waals surface area (Å²) >= 11 is 5.97. The number of ether oxygens (including phenoxy) is 1. The maximum Gasteiger partial charge on any atom is 0.276 e. The number of benzene rings is 1. The molecule has 0 spiro atoms. The maximum atomic E-state index is 13.1. The van der Waals surface area contributed by atoms with Gasteiger partial charge in [-0.05, 0) is 29.8 Å². The van der Waals surface area contributed by atoms with E-state index in [1.54, 1.807) is 39.0 Å². The second-order valence-corrected chi connectivity index (χ2v) is 8.18. The Hall–Kier alpha value is -3.30. The quantitative estimate of drug-likeness (QED) is 0.604. The summed E-state index contributed by atoms with van der Waals surface area (Å²) in [4.78, 5) is 33.1. The number of rotatable bonds is 3. The van der Waals surface area contributed by atoms with Crippen LogP contribution in [-0.2, 0) is 17.9 Å². The van der Waals surface area contributed by atoms with E-state index < -0.39 is 0 Å². The van der Waals surface area contributed by atoms with Crippen LogP contribution in [0.1, 0.15) is 38.2 Å². The average molecular weight is 453 g/mol. The molecule has 2 amide bonds. The van der Waals surface area contributed by atoms with Crippen LogP contribution in [0.5, 0.6) is 0 Å². The molecule has 4 heterocycles. The first-order chi connectivity index (χ1) is 15.6. The number of fused-ring (bicyclic) bond motifs is 1. The van der Waals surface area contributed by atoms with Gasteiger partial charge in [-0.25, -0.2) is 4.68 Å². The van der Waals surface area contributed by atoms with Crippen molar-refractivity contribution in [3.05, 3.63) is 76.3 Å². The first-order valence-corrected chi connectivity index (χ1v) is 10.8. The fraction of sp³-hybridized carbons (Fsp3) is 0.318. The van der Waals surface area contributed by atoms with Crippen LogP contribution in [0.15, 0.2) is 48.8 Å². The van der Waals surface area contributed by atoms with Crippen molar-refractivity contribution in [2.24, 2.45) is 0 Å². The Balaban J connectivity index is 1.23. The van der Waals surface area contributed by atoms with Crippen molar-refractivity contribution in [1.82, 2.24) is 29.8 Å². The van der Waals surface area contributed by atoms with Gasteiger partial charge in [-0.1, -0.05) is 28.9 Å². The number of aromatic nitrogens is 4. The number of piperazine rings is 1. The van der Waals surface area contributed by atoms with Crippen molar-refractivity contribution >= 4 is 23.4 Å². The number of pyridine rings is 1. The smallest absolute Gasteiger partial charge is 0.276 e. The lowest BCUT2D eigenvalue weighted by Crippen LogP contribution is -2.50. The fourth-order valence-corrected chi connectivity index (χ4v) is 4.12. The second-order valence-electron chi connectivity index (χ2n) is 7.74. The molecule has 0 saturated carbocycles. The van der Waals surface area contributed by atoms with Gasteiger partial charge in [0, 0.05) is 43.6 Å². The molecule has 0 bridgehead atoms. The Morgan fingerprint density at radius 1 is 1.00 bits per heavy atom. The standard InChI is InChI=1S/C22H21ClN6O3/c23-17-5-3-15(4-6-17)19-13-29-18(14-32-19)20(25-26-29)22(31)28-10-8-27(9-11-28)21(30)16-2-1-7-24-12-16/h1-7,12,19H,8-11,13-14H2. The summed E-state index contributed by atoms with van der Waals surface area (Å²) in [6.45, 7) is 2.51. The van der Waals surface area contributed by atoms with Crippen molar-refractivity contribution in [2.45, 2.75) is 19.3 Å². The summed E-state index contributed by atoms with van der Waals surface area (Å²) in [6.07, 6.45) is 3.01. The topological polar surface area (TPSA) is 93.5 Å². The van der Waals surface area contributed by atoms with E-state index >= 15 is 0 Å². The minimum Gasteiger partial charge on any atom is -0.365 e. The van der Waals surface area contributed by atoms with Crippen LogP contribution in [-0.4, -0.2) is 67.8 Å². The summed E-state index contributed by atoms with van der Waals surface area (Å²) in [7, 11) is 0. The molecule has 1 aromatic carbocycles. The van der Waals surface area contributed by atoms with E-state index in [4.69, 9.17) is 16.3 Å². The number of hydrogen-bond donors (Lipinski definition) is 0. The summed E-state index contributed by atoms with van der Waals surface area (Å²) in [5.74, 6) is -0.263. The predicted octanol–water partition coefficient (Wildman–Crippen LogP) is 2.20. The van der Waals surface area contributed by atoms with E-state index in [1.807, 2.05) is 24.3 Å². The normalized spacial score (nSPS) is 18.3. The van der Waals surface area contributed by atoms with Crippen molar-refractivity contribution in [2.75, 3.05) is 26.2 Å². The Morgan fingerprint density at radius 3 is 2.41 bits per heavy atom. The lowest BCUT2D eigenvalue weighted by atomic mass is 10.1. The third-order valence-corrected chi connectivity index (χ3v) is 6.06. The molecular formula is C22H21ClN6O3. The largest absolute Gasteiger partial charge is 0.365 e. The number of carbonyl (C=O) groups is 2. The monoisotopic (exact) mass is 452 g/mol. The molecule has 1 unspecified atom stereocenters. The molecule has 2 aromatic heterocycles. The fourth-order valence-electron chi connectivity index (χ4n) is 3.99. The van der Waals surface area contributed by atoms with Crippen molar-refractivity contribution < 1.29 is 14.3 Å². The van der Waals surface area contributed by atoms with Gasteiger partial charge in [-0.2, -0.15) is 0 Å².